The summed E-state index contributed by atoms with van der Waals surface area (Å²) < 4.78 is 2.31. The van der Waals surface area contributed by atoms with Gasteiger partial charge in [-0.25, -0.2) is 0 Å². The first-order valence-corrected chi connectivity index (χ1v) is 6.62. The molecular formula is C18H15N. The van der Waals surface area contributed by atoms with E-state index in [2.05, 4.69) is 73.1 Å². The second-order valence-electron chi connectivity index (χ2n) is 5.26. The summed E-state index contributed by atoms with van der Waals surface area (Å²) in [5.74, 6) is 0. The normalized spacial score (nSPS) is 11.7. The summed E-state index contributed by atoms with van der Waals surface area (Å²) in [4.78, 5) is 0. The number of fused-ring (bicyclic) bond motifs is 5. The zero-order chi connectivity index (χ0) is 13.0. The fourth-order valence-corrected chi connectivity index (χ4v) is 3.11. The maximum Gasteiger partial charge on any atom is 0.0568 e. The van der Waals surface area contributed by atoms with Crippen LogP contribution in [0, 0.1) is 6.92 Å². The van der Waals surface area contributed by atoms with Gasteiger partial charge in [0.1, 0.15) is 0 Å². The lowest BCUT2D eigenvalue weighted by Crippen LogP contribution is -1.87. The molecule has 0 fully saturated rings. The molecule has 4 rings (SSSR count). The lowest BCUT2D eigenvalue weighted by molar-refractivity contribution is 1.02. The highest BCUT2D eigenvalue weighted by molar-refractivity contribution is 6.17. The molecule has 19 heavy (non-hydrogen) atoms. The third-order valence-electron chi connectivity index (χ3n) is 4.04. The summed E-state index contributed by atoms with van der Waals surface area (Å²) in [5, 5.41) is 5.33. The maximum atomic E-state index is 2.31. The summed E-state index contributed by atoms with van der Waals surface area (Å²) in [7, 11) is 2.16. The van der Waals surface area contributed by atoms with Gasteiger partial charge in [0.2, 0.25) is 0 Å². The maximum absolute atomic E-state index is 2.31. The number of hydrogen-bond donors (Lipinski definition) is 0. The van der Waals surface area contributed by atoms with E-state index in [1.807, 2.05) is 0 Å². The Morgan fingerprint density at radius 3 is 2.53 bits per heavy atom. The molecule has 4 aromatic rings. The molecule has 0 bridgehead atoms. The van der Waals surface area contributed by atoms with Crippen LogP contribution < -0.4 is 0 Å². The highest BCUT2D eigenvalue weighted by atomic mass is 14.9. The molecule has 0 unspecified atom stereocenters. The molecule has 0 aliphatic carbocycles. The fraction of sp³-hybridized carbons (Fsp3) is 0.111. The summed E-state index contributed by atoms with van der Waals surface area (Å²) in [6.45, 7) is 2.15. The molecule has 0 saturated heterocycles. The van der Waals surface area contributed by atoms with Gasteiger partial charge in [-0.2, -0.15) is 0 Å². The predicted octanol–water partition coefficient (Wildman–Crippen LogP) is 4.79. The summed E-state index contributed by atoms with van der Waals surface area (Å²) in [6.07, 6.45) is 0. The van der Waals surface area contributed by atoms with Gasteiger partial charge in [0.15, 0.2) is 0 Å². The Balaban J connectivity index is 2.35. The predicted molar refractivity (Wildman–Crippen MR) is 82.7 cm³/mol. The van der Waals surface area contributed by atoms with E-state index in [0.717, 1.165) is 0 Å². The van der Waals surface area contributed by atoms with Crippen LogP contribution in [0.2, 0.25) is 0 Å². The zero-order valence-corrected chi connectivity index (χ0v) is 11.1. The van der Waals surface area contributed by atoms with Crippen molar-refractivity contribution in [3.8, 4) is 0 Å². The molecule has 0 N–H and O–H groups in total. The van der Waals surface area contributed by atoms with Crippen molar-refractivity contribution >= 4 is 32.6 Å². The zero-order valence-electron chi connectivity index (χ0n) is 11.1. The Bertz CT molecular complexity index is 929. The van der Waals surface area contributed by atoms with Crippen molar-refractivity contribution in [2.24, 2.45) is 7.05 Å². The number of hydrogen-bond acceptors (Lipinski definition) is 0. The molecule has 0 aliphatic rings. The smallest absolute Gasteiger partial charge is 0.0568 e. The number of rotatable bonds is 0. The van der Waals surface area contributed by atoms with Crippen LogP contribution in [0.5, 0.6) is 0 Å². The number of nitrogens with zero attached hydrogens (tertiary/aromatic N) is 1. The number of benzene rings is 3. The van der Waals surface area contributed by atoms with Gasteiger partial charge in [0, 0.05) is 28.7 Å². The second kappa shape index (κ2) is 3.61. The van der Waals surface area contributed by atoms with Gasteiger partial charge in [0.05, 0.1) is 5.52 Å². The lowest BCUT2D eigenvalue weighted by Gasteiger charge is -2.02. The Morgan fingerprint density at radius 1 is 0.789 bits per heavy atom. The van der Waals surface area contributed by atoms with Crippen molar-refractivity contribution in [1.82, 2.24) is 4.57 Å². The van der Waals surface area contributed by atoms with Crippen LogP contribution in [0.3, 0.4) is 0 Å². The van der Waals surface area contributed by atoms with Crippen molar-refractivity contribution < 1.29 is 0 Å². The number of aryl methyl sites for hydroxylation is 2. The van der Waals surface area contributed by atoms with Gasteiger partial charge < -0.3 is 4.57 Å². The minimum absolute atomic E-state index is 1.30. The van der Waals surface area contributed by atoms with Crippen molar-refractivity contribution in [3.63, 3.8) is 0 Å². The summed E-state index contributed by atoms with van der Waals surface area (Å²) in [6, 6.07) is 19.8. The minimum Gasteiger partial charge on any atom is -0.343 e. The molecule has 1 heterocycles. The third-order valence-corrected chi connectivity index (χ3v) is 4.04. The van der Waals surface area contributed by atoms with Gasteiger partial charge in [-0.05, 0) is 24.4 Å². The van der Waals surface area contributed by atoms with Gasteiger partial charge in [-0.3, -0.25) is 0 Å². The topological polar surface area (TPSA) is 4.93 Å². The van der Waals surface area contributed by atoms with Crippen LogP contribution in [0.4, 0.5) is 0 Å². The average Bonchev–Trinajstić information content (AvgIpc) is 2.72. The standard InChI is InChI=1S/C18H15N/c1-12-7-10-17-16(11-12)15-9-8-13-5-3-4-6-14(13)18(15)19(17)2/h3-11H,1-2H3. The molecule has 1 nitrogen and oxygen atoms in total. The van der Waals surface area contributed by atoms with Gasteiger partial charge >= 0.3 is 0 Å². The van der Waals surface area contributed by atoms with E-state index in [1.54, 1.807) is 0 Å². The van der Waals surface area contributed by atoms with Crippen molar-refractivity contribution in [3.05, 3.63) is 60.2 Å². The highest BCUT2D eigenvalue weighted by Crippen LogP contribution is 2.33. The molecule has 0 amide bonds. The van der Waals surface area contributed by atoms with E-state index in [0.29, 0.717) is 0 Å². The second-order valence-corrected chi connectivity index (χ2v) is 5.26. The van der Waals surface area contributed by atoms with Crippen LogP contribution in [0.25, 0.3) is 32.6 Å². The van der Waals surface area contributed by atoms with Crippen LogP contribution in [-0.2, 0) is 7.05 Å². The van der Waals surface area contributed by atoms with Crippen LogP contribution in [0.15, 0.2) is 54.6 Å². The Morgan fingerprint density at radius 2 is 1.63 bits per heavy atom. The van der Waals surface area contributed by atoms with E-state index < -0.39 is 0 Å². The van der Waals surface area contributed by atoms with E-state index in [1.165, 1.54) is 38.1 Å². The molecule has 92 valence electrons. The van der Waals surface area contributed by atoms with Crippen molar-refractivity contribution in [2.75, 3.05) is 0 Å². The van der Waals surface area contributed by atoms with E-state index in [-0.39, 0.29) is 0 Å². The summed E-state index contributed by atoms with van der Waals surface area (Å²) >= 11 is 0. The summed E-state index contributed by atoms with van der Waals surface area (Å²) in [5.41, 5.74) is 3.95. The largest absolute Gasteiger partial charge is 0.343 e. The van der Waals surface area contributed by atoms with Gasteiger partial charge in [-0.15, -0.1) is 0 Å². The van der Waals surface area contributed by atoms with Crippen LogP contribution >= 0.6 is 0 Å². The molecule has 3 aromatic carbocycles. The SMILES string of the molecule is Cc1ccc2c(c1)c1ccc3ccccc3c1n2C. The first-order chi connectivity index (χ1) is 9.25. The highest BCUT2D eigenvalue weighted by Gasteiger charge is 2.10. The molecule has 0 atom stereocenters. The molecule has 1 heteroatoms. The molecule has 0 aliphatic heterocycles. The van der Waals surface area contributed by atoms with Crippen LogP contribution in [0.1, 0.15) is 5.56 Å². The fourth-order valence-electron chi connectivity index (χ4n) is 3.11. The molecule has 0 saturated carbocycles. The Kier molecular flexibility index (Phi) is 2.02. The first kappa shape index (κ1) is 10.6. The minimum atomic E-state index is 1.30. The van der Waals surface area contributed by atoms with Gasteiger partial charge in [-0.1, -0.05) is 48.0 Å². The number of aromatic nitrogens is 1. The van der Waals surface area contributed by atoms with E-state index in [9.17, 15) is 0 Å². The molecular weight excluding hydrogens is 230 g/mol. The molecule has 1 aromatic heterocycles. The van der Waals surface area contributed by atoms with Crippen molar-refractivity contribution in [2.45, 2.75) is 6.92 Å². The molecule has 0 spiro atoms. The third kappa shape index (κ3) is 1.36. The van der Waals surface area contributed by atoms with E-state index in [4.69, 9.17) is 0 Å². The van der Waals surface area contributed by atoms with E-state index >= 15 is 0 Å². The Labute approximate surface area is 112 Å². The first-order valence-electron chi connectivity index (χ1n) is 6.62. The van der Waals surface area contributed by atoms with Crippen LogP contribution in [-0.4, -0.2) is 4.57 Å². The lowest BCUT2D eigenvalue weighted by atomic mass is 10.1. The Hall–Kier alpha value is -2.28. The van der Waals surface area contributed by atoms with Crippen molar-refractivity contribution in [1.29, 1.82) is 0 Å². The quantitative estimate of drug-likeness (QED) is 0.419. The average molecular weight is 245 g/mol. The monoisotopic (exact) mass is 245 g/mol. The van der Waals surface area contributed by atoms with Gasteiger partial charge in [0.25, 0.3) is 0 Å². The molecule has 0 radical (unpaired) electrons.